The van der Waals surface area contributed by atoms with Crippen LogP contribution in [-0.4, -0.2) is 42.0 Å². The highest BCUT2D eigenvalue weighted by atomic mass is 16.2. The van der Waals surface area contributed by atoms with Crippen molar-refractivity contribution in [3.8, 4) is 6.07 Å². The molecule has 1 amide bonds. The number of carbonyl (C=O) groups is 1. The molecule has 2 aliphatic rings. The number of nitrogens with zero attached hydrogens (tertiary/aromatic N) is 4. The molecule has 3 rings (SSSR count). The Labute approximate surface area is 131 Å². The van der Waals surface area contributed by atoms with Crippen LogP contribution in [0.4, 0.5) is 5.82 Å². The van der Waals surface area contributed by atoms with Gasteiger partial charge in [0.1, 0.15) is 5.82 Å². The first kappa shape index (κ1) is 14.8. The standard InChI is InChI=1S/C17H22N4O/c1-20(17(22)14-4-2-5-14)15-6-3-9-21(12-15)16-10-13(11-18)7-8-19-16/h7-8,10,14-15H,2-6,9,12H2,1H3. The van der Waals surface area contributed by atoms with Gasteiger partial charge in [-0.2, -0.15) is 5.26 Å². The second-order valence-electron chi connectivity index (χ2n) is 6.33. The third kappa shape index (κ3) is 2.92. The summed E-state index contributed by atoms with van der Waals surface area (Å²) in [7, 11) is 1.94. The molecule has 1 saturated carbocycles. The Morgan fingerprint density at radius 1 is 1.41 bits per heavy atom. The summed E-state index contributed by atoms with van der Waals surface area (Å²) in [6, 6.07) is 5.95. The summed E-state index contributed by atoms with van der Waals surface area (Å²) in [6.45, 7) is 1.74. The van der Waals surface area contributed by atoms with Crippen LogP contribution in [0.2, 0.25) is 0 Å². The number of hydrogen-bond acceptors (Lipinski definition) is 4. The van der Waals surface area contributed by atoms with Gasteiger partial charge in [0.2, 0.25) is 5.91 Å². The van der Waals surface area contributed by atoms with E-state index < -0.39 is 0 Å². The molecule has 0 N–H and O–H groups in total. The zero-order valence-electron chi connectivity index (χ0n) is 13.0. The minimum absolute atomic E-state index is 0.245. The summed E-state index contributed by atoms with van der Waals surface area (Å²) in [4.78, 5) is 20.9. The van der Waals surface area contributed by atoms with Crippen molar-refractivity contribution in [2.24, 2.45) is 5.92 Å². The minimum Gasteiger partial charge on any atom is -0.355 e. The molecule has 1 atom stereocenters. The van der Waals surface area contributed by atoms with E-state index in [1.165, 1.54) is 6.42 Å². The van der Waals surface area contributed by atoms with Crippen LogP contribution in [0.1, 0.15) is 37.7 Å². The molecular weight excluding hydrogens is 276 g/mol. The fourth-order valence-corrected chi connectivity index (χ4v) is 3.26. The lowest BCUT2D eigenvalue weighted by atomic mass is 9.84. The lowest BCUT2D eigenvalue weighted by molar-refractivity contribution is -0.139. The van der Waals surface area contributed by atoms with E-state index in [1.54, 1.807) is 12.3 Å². The van der Waals surface area contributed by atoms with E-state index in [4.69, 9.17) is 5.26 Å². The Hall–Kier alpha value is -2.09. The van der Waals surface area contributed by atoms with Gasteiger partial charge in [0.25, 0.3) is 0 Å². The first-order valence-electron chi connectivity index (χ1n) is 8.07. The predicted molar refractivity (Wildman–Crippen MR) is 84.3 cm³/mol. The van der Waals surface area contributed by atoms with Gasteiger partial charge in [-0.15, -0.1) is 0 Å². The molecule has 1 aliphatic heterocycles. The molecule has 0 aromatic carbocycles. The van der Waals surface area contributed by atoms with Crippen molar-refractivity contribution in [2.75, 3.05) is 25.0 Å². The molecule has 0 spiro atoms. The molecule has 5 nitrogen and oxygen atoms in total. The first-order valence-corrected chi connectivity index (χ1v) is 8.07. The van der Waals surface area contributed by atoms with Gasteiger partial charge in [-0.25, -0.2) is 4.98 Å². The molecule has 0 bridgehead atoms. The van der Waals surface area contributed by atoms with E-state index in [9.17, 15) is 4.79 Å². The number of nitriles is 1. The summed E-state index contributed by atoms with van der Waals surface area (Å²) in [5.74, 6) is 1.39. The number of hydrogen-bond donors (Lipinski definition) is 0. The molecule has 1 unspecified atom stereocenters. The number of aromatic nitrogens is 1. The number of anilines is 1. The normalized spacial score (nSPS) is 21.8. The maximum atomic E-state index is 12.4. The van der Waals surface area contributed by atoms with Gasteiger partial charge in [-0.3, -0.25) is 4.79 Å². The largest absolute Gasteiger partial charge is 0.355 e. The zero-order chi connectivity index (χ0) is 15.5. The van der Waals surface area contributed by atoms with Crippen molar-refractivity contribution >= 4 is 11.7 Å². The minimum atomic E-state index is 0.245. The molecule has 1 aromatic rings. The van der Waals surface area contributed by atoms with Crippen LogP contribution in [0, 0.1) is 17.2 Å². The first-order chi connectivity index (χ1) is 10.7. The number of carbonyl (C=O) groups excluding carboxylic acids is 1. The van der Waals surface area contributed by atoms with Crippen molar-refractivity contribution in [1.29, 1.82) is 5.26 Å². The Bertz CT molecular complexity index is 591. The van der Waals surface area contributed by atoms with E-state index in [0.29, 0.717) is 11.5 Å². The smallest absolute Gasteiger partial charge is 0.225 e. The quantitative estimate of drug-likeness (QED) is 0.858. The average Bonchev–Trinajstić information content (AvgIpc) is 2.52. The molecule has 1 aromatic heterocycles. The molecule has 5 heteroatoms. The highest BCUT2D eigenvalue weighted by Crippen LogP contribution is 2.30. The highest BCUT2D eigenvalue weighted by molar-refractivity contribution is 5.79. The number of rotatable bonds is 3. The second-order valence-corrected chi connectivity index (χ2v) is 6.33. The maximum absolute atomic E-state index is 12.4. The SMILES string of the molecule is CN(C(=O)C1CCC1)C1CCCN(c2cc(C#N)ccn2)C1. The molecular formula is C17H22N4O. The maximum Gasteiger partial charge on any atom is 0.225 e. The van der Waals surface area contributed by atoms with Crippen molar-refractivity contribution < 1.29 is 4.79 Å². The Morgan fingerprint density at radius 3 is 2.91 bits per heavy atom. The van der Waals surface area contributed by atoms with Crippen molar-refractivity contribution in [3.63, 3.8) is 0 Å². The van der Waals surface area contributed by atoms with E-state index in [1.807, 2.05) is 18.0 Å². The van der Waals surface area contributed by atoms with Gasteiger partial charge in [0, 0.05) is 38.3 Å². The van der Waals surface area contributed by atoms with Crippen LogP contribution in [0.15, 0.2) is 18.3 Å². The topological polar surface area (TPSA) is 60.2 Å². The van der Waals surface area contributed by atoms with Gasteiger partial charge in [0.05, 0.1) is 11.6 Å². The summed E-state index contributed by atoms with van der Waals surface area (Å²) >= 11 is 0. The molecule has 1 saturated heterocycles. The summed E-state index contributed by atoms with van der Waals surface area (Å²) in [6.07, 6.45) is 7.05. The van der Waals surface area contributed by atoms with E-state index >= 15 is 0 Å². The Morgan fingerprint density at radius 2 is 2.23 bits per heavy atom. The molecule has 0 radical (unpaired) electrons. The monoisotopic (exact) mass is 298 g/mol. The molecule has 2 heterocycles. The van der Waals surface area contributed by atoms with Crippen LogP contribution in [0.25, 0.3) is 0 Å². The molecule has 22 heavy (non-hydrogen) atoms. The zero-order valence-corrected chi connectivity index (χ0v) is 13.0. The molecule has 2 fully saturated rings. The fraction of sp³-hybridized carbons (Fsp3) is 0.588. The highest BCUT2D eigenvalue weighted by Gasteiger charge is 2.33. The lowest BCUT2D eigenvalue weighted by Crippen LogP contribution is -2.51. The average molecular weight is 298 g/mol. The molecule has 1 aliphatic carbocycles. The Balaban J connectivity index is 1.68. The lowest BCUT2D eigenvalue weighted by Gasteiger charge is -2.40. The summed E-state index contributed by atoms with van der Waals surface area (Å²) in [5, 5.41) is 9.02. The predicted octanol–water partition coefficient (Wildman–Crippen LogP) is 2.18. The number of likely N-dealkylation sites (N-methyl/N-ethyl adjacent to an activating group) is 1. The van der Waals surface area contributed by atoms with Crippen molar-refractivity contribution in [2.45, 2.75) is 38.1 Å². The van der Waals surface area contributed by atoms with Gasteiger partial charge in [-0.05, 0) is 37.8 Å². The third-order valence-corrected chi connectivity index (χ3v) is 4.94. The van der Waals surface area contributed by atoms with Crippen LogP contribution in [-0.2, 0) is 4.79 Å². The van der Waals surface area contributed by atoms with Crippen LogP contribution in [0.3, 0.4) is 0 Å². The second kappa shape index (κ2) is 6.35. The van der Waals surface area contributed by atoms with Crippen LogP contribution >= 0.6 is 0 Å². The Kier molecular flexibility index (Phi) is 4.28. The van der Waals surface area contributed by atoms with E-state index in [-0.39, 0.29) is 12.0 Å². The van der Waals surface area contributed by atoms with E-state index in [0.717, 1.165) is 44.6 Å². The van der Waals surface area contributed by atoms with Crippen LogP contribution in [0.5, 0.6) is 0 Å². The molecule has 116 valence electrons. The third-order valence-electron chi connectivity index (χ3n) is 4.94. The van der Waals surface area contributed by atoms with Crippen molar-refractivity contribution in [3.05, 3.63) is 23.9 Å². The van der Waals surface area contributed by atoms with Gasteiger partial charge >= 0.3 is 0 Å². The summed E-state index contributed by atoms with van der Waals surface area (Å²) in [5.41, 5.74) is 0.631. The summed E-state index contributed by atoms with van der Waals surface area (Å²) < 4.78 is 0. The van der Waals surface area contributed by atoms with Gasteiger partial charge in [-0.1, -0.05) is 6.42 Å². The van der Waals surface area contributed by atoms with Crippen LogP contribution < -0.4 is 4.90 Å². The number of piperidine rings is 1. The van der Waals surface area contributed by atoms with Gasteiger partial charge < -0.3 is 9.80 Å². The van der Waals surface area contributed by atoms with Gasteiger partial charge in [0.15, 0.2) is 0 Å². The van der Waals surface area contributed by atoms with E-state index in [2.05, 4.69) is 16.0 Å². The van der Waals surface area contributed by atoms with Crippen molar-refractivity contribution in [1.82, 2.24) is 9.88 Å². The number of amides is 1. The number of pyridine rings is 1. The fourth-order valence-electron chi connectivity index (χ4n) is 3.26.